The summed E-state index contributed by atoms with van der Waals surface area (Å²) >= 11 is 0. The Kier molecular flexibility index (Phi) is 3.52. The van der Waals surface area contributed by atoms with Gasteiger partial charge in [-0.3, -0.25) is 14.5 Å². The number of hydrogen-bond acceptors (Lipinski definition) is 3. The average molecular weight is 288 g/mol. The molecule has 2 unspecified atom stereocenters. The van der Waals surface area contributed by atoms with Gasteiger partial charge in [0.2, 0.25) is 11.8 Å². The number of imide groups is 1. The second-order valence-corrected chi connectivity index (χ2v) is 7.03. The topological polar surface area (TPSA) is 40.6 Å². The number of carbonyl (C=O) groups excluding carboxylic acids is 2. The minimum Gasteiger partial charge on any atom is -0.308 e. The van der Waals surface area contributed by atoms with Crippen LogP contribution in [0.2, 0.25) is 0 Å². The van der Waals surface area contributed by atoms with E-state index in [4.69, 9.17) is 0 Å². The monoisotopic (exact) mass is 288 g/mol. The lowest BCUT2D eigenvalue weighted by Gasteiger charge is -2.20. The number of hydrogen-bond donors (Lipinski definition) is 0. The molecule has 3 aliphatic rings. The van der Waals surface area contributed by atoms with Crippen molar-refractivity contribution in [3.63, 3.8) is 0 Å². The Bertz CT molecular complexity index is 499. The maximum Gasteiger partial charge on any atom is 0.234 e. The molecule has 0 N–H and O–H groups in total. The van der Waals surface area contributed by atoms with E-state index < -0.39 is 0 Å². The Balaban J connectivity index is 1.84. The van der Waals surface area contributed by atoms with Crippen LogP contribution in [-0.4, -0.2) is 48.8 Å². The molecule has 0 spiro atoms. The van der Waals surface area contributed by atoms with E-state index in [1.165, 1.54) is 10.5 Å². The first-order valence-corrected chi connectivity index (χ1v) is 7.81. The number of amides is 2. The molecule has 1 heterocycles. The number of fused-ring (bicyclic) bond motifs is 5. The quantitative estimate of drug-likeness (QED) is 0.582. The predicted molar refractivity (Wildman–Crippen MR) is 81.3 cm³/mol. The minimum absolute atomic E-state index is 0.0401. The summed E-state index contributed by atoms with van der Waals surface area (Å²) in [4.78, 5) is 28.8. The van der Waals surface area contributed by atoms with Crippen molar-refractivity contribution in [1.82, 2.24) is 9.80 Å². The largest absolute Gasteiger partial charge is 0.308 e. The highest BCUT2D eigenvalue weighted by molar-refractivity contribution is 6.07. The van der Waals surface area contributed by atoms with Gasteiger partial charge in [-0.15, -0.1) is 0 Å². The van der Waals surface area contributed by atoms with Gasteiger partial charge in [0.1, 0.15) is 0 Å². The Labute approximate surface area is 126 Å². The van der Waals surface area contributed by atoms with Crippen LogP contribution in [-0.2, 0) is 9.59 Å². The van der Waals surface area contributed by atoms with Gasteiger partial charge in [0.05, 0.1) is 11.8 Å². The van der Waals surface area contributed by atoms with E-state index in [0.717, 1.165) is 6.54 Å². The molecule has 0 aromatic carbocycles. The summed E-state index contributed by atoms with van der Waals surface area (Å²) in [5.74, 6) is 0.571. The van der Waals surface area contributed by atoms with Gasteiger partial charge in [-0.2, -0.15) is 0 Å². The molecule has 2 bridgehead atoms. The first-order chi connectivity index (χ1) is 9.91. The maximum atomic E-state index is 12.7. The SMILES string of the molecule is CC(C)C=C1C2C=CC1[C@@H]1C(=O)N(CCN(C)C)C(=O)[C@H]21. The van der Waals surface area contributed by atoms with Gasteiger partial charge in [-0.25, -0.2) is 0 Å². The molecular weight excluding hydrogens is 264 g/mol. The van der Waals surface area contributed by atoms with Crippen molar-refractivity contribution in [3.8, 4) is 0 Å². The number of allylic oxidation sites excluding steroid dienone is 4. The first kappa shape index (κ1) is 14.5. The number of nitrogens with zero attached hydrogens (tertiary/aromatic N) is 2. The van der Waals surface area contributed by atoms with E-state index in [2.05, 4.69) is 32.1 Å². The molecule has 21 heavy (non-hydrogen) atoms. The number of likely N-dealkylation sites (N-methyl/N-ethyl adjacent to an activating group) is 1. The van der Waals surface area contributed by atoms with E-state index >= 15 is 0 Å². The van der Waals surface area contributed by atoms with Gasteiger partial charge < -0.3 is 4.90 Å². The van der Waals surface area contributed by atoms with E-state index in [1.807, 2.05) is 19.0 Å². The minimum atomic E-state index is -0.139. The summed E-state index contributed by atoms with van der Waals surface area (Å²) in [7, 11) is 3.92. The smallest absolute Gasteiger partial charge is 0.234 e. The second-order valence-electron chi connectivity index (χ2n) is 7.03. The normalized spacial score (nSPS) is 35.9. The van der Waals surface area contributed by atoms with Crippen molar-refractivity contribution in [2.45, 2.75) is 13.8 Å². The zero-order valence-corrected chi connectivity index (χ0v) is 13.2. The van der Waals surface area contributed by atoms with Crippen LogP contribution in [0.3, 0.4) is 0 Å². The van der Waals surface area contributed by atoms with Crippen LogP contribution in [0, 0.1) is 29.6 Å². The van der Waals surface area contributed by atoms with Crippen LogP contribution in [0.1, 0.15) is 13.8 Å². The van der Waals surface area contributed by atoms with Crippen LogP contribution >= 0.6 is 0 Å². The van der Waals surface area contributed by atoms with Crippen LogP contribution in [0.4, 0.5) is 0 Å². The van der Waals surface area contributed by atoms with Crippen molar-refractivity contribution < 1.29 is 9.59 Å². The summed E-state index contributed by atoms with van der Waals surface area (Å²) in [5.41, 5.74) is 1.30. The molecule has 4 nitrogen and oxygen atoms in total. The molecule has 3 rings (SSSR count). The van der Waals surface area contributed by atoms with Gasteiger partial charge in [-0.05, 0) is 20.0 Å². The highest BCUT2D eigenvalue weighted by atomic mass is 16.2. The predicted octanol–water partition coefficient (Wildman–Crippen LogP) is 1.55. The molecule has 2 aliphatic carbocycles. The molecule has 0 aromatic rings. The van der Waals surface area contributed by atoms with E-state index in [1.54, 1.807) is 0 Å². The molecule has 2 fully saturated rings. The molecule has 1 aliphatic heterocycles. The summed E-state index contributed by atoms with van der Waals surface area (Å²) in [6, 6.07) is 0. The Morgan fingerprint density at radius 1 is 1.14 bits per heavy atom. The van der Waals surface area contributed by atoms with Crippen molar-refractivity contribution in [3.05, 3.63) is 23.8 Å². The summed E-state index contributed by atoms with van der Waals surface area (Å²) < 4.78 is 0. The molecule has 4 heteroatoms. The fourth-order valence-corrected chi connectivity index (χ4v) is 4.00. The van der Waals surface area contributed by atoms with E-state index in [0.29, 0.717) is 12.5 Å². The third-order valence-corrected chi connectivity index (χ3v) is 4.86. The number of rotatable bonds is 4. The Hall–Kier alpha value is -1.42. The fourth-order valence-electron chi connectivity index (χ4n) is 4.00. The lowest BCUT2D eigenvalue weighted by molar-refractivity contribution is -0.140. The van der Waals surface area contributed by atoms with Gasteiger partial charge in [0.15, 0.2) is 0 Å². The third kappa shape index (κ3) is 2.16. The van der Waals surface area contributed by atoms with Crippen molar-refractivity contribution in [1.29, 1.82) is 0 Å². The fraction of sp³-hybridized carbons (Fsp3) is 0.647. The molecular formula is C17H24N2O2. The Morgan fingerprint density at radius 2 is 1.67 bits per heavy atom. The summed E-state index contributed by atoms with van der Waals surface area (Å²) in [6.07, 6.45) is 6.53. The molecule has 2 amide bonds. The molecule has 0 aromatic heterocycles. The van der Waals surface area contributed by atoms with Crippen molar-refractivity contribution >= 4 is 11.8 Å². The van der Waals surface area contributed by atoms with Gasteiger partial charge in [0, 0.05) is 24.9 Å². The van der Waals surface area contributed by atoms with Crippen molar-refractivity contribution in [2.24, 2.45) is 29.6 Å². The second kappa shape index (κ2) is 5.09. The molecule has 4 atom stereocenters. The van der Waals surface area contributed by atoms with E-state index in [9.17, 15) is 9.59 Å². The van der Waals surface area contributed by atoms with Gasteiger partial charge in [-0.1, -0.05) is 37.6 Å². The zero-order chi connectivity index (χ0) is 15.3. The van der Waals surface area contributed by atoms with Gasteiger partial charge in [0.25, 0.3) is 0 Å². The first-order valence-electron chi connectivity index (χ1n) is 7.81. The summed E-state index contributed by atoms with van der Waals surface area (Å²) in [5, 5.41) is 0. The lowest BCUT2D eigenvalue weighted by atomic mass is 9.85. The average Bonchev–Trinajstić information content (AvgIpc) is 2.99. The highest BCUT2D eigenvalue weighted by Gasteiger charge is 2.61. The molecule has 0 radical (unpaired) electrons. The number of likely N-dealkylation sites (tertiary alicyclic amines) is 1. The third-order valence-electron chi connectivity index (χ3n) is 4.86. The molecule has 114 valence electrons. The number of carbonyl (C=O) groups is 2. The summed E-state index contributed by atoms with van der Waals surface area (Å²) in [6.45, 7) is 5.54. The van der Waals surface area contributed by atoms with E-state index in [-0.39, 0.29) is 35.5 Å². The highest BCUT2D eigenvalue weighted by Crippen LogP contribution is 2.55. The van der Waals surface area contributed by atoms with Gasteiger partial charge >= 0.3 is 0 Å². The molecule has 1 saturated heterocycles. The Morgan fingerprint density at radius 3 is 2.10 bits per heavy atom. The zero-order valence-electron chi connectivity index (χ0n) is 13.2. The van der Waals surface area contributed by atoms with Crippen LogP contribution in [0.25, 0.3) is 0 Å². The van der Waals surface area contributed by atoms with Crippen LogP contribution < -0.4 is 0 Å². The molecule has 1 saturated carbocycles. The van der Waals surface area contributed by atoms with Crippen LogP contribution in [0.15, 0.2) is 23.8 Å². The lowest BCUT2D eigenvalue weighted by Crippen LogP contribution is -2.38. The standard InChI is InChI=1S/C17H24N2O2/c1-10(2)9-13-11-5-6-12(13)15-14(11)16(20)19(17(15)21)8-7-18(3)4/h5-6,9-12,14-15H,7-8H2,1-4H3/t11?,12?,14-,15+. The maximum absolute atomic E-state index is 12.7. The van der Waals surface area contributed by atoms with Crippen LogP contribution in [0.5, 0.6) is 0 Å². The van der Waals surface area contributed by atoms with Crippen molar-refractivity contribution in [2.75, 3.05) is 27.2 Å².